The van der Waals surface area contributed by atoms with Crippen LogP contribution in [0.1, 0.15) is 22.4 Å². The molecule has 21 heavy (non-hydrogen) atoms. The standard InChI is InChI=1S/C16H13BrClIO2/c17-16(10-4-1-2-5-13(10)19)11-8-14-15(9-12(11)18)21-7-3-6-20-14/h1-2,4-5,8-9,16H,3,6-7H2. The SMILES string of the molecule is Clc1cc2c(cc1C(Br)c1ccccc1I)OCCCO2. The molecule has 2 nitrogen and oxygen atoms in total. The van der Waals surface area contributed by atoms with Crippen LogP contribution in [0, 0.1) is 3.57 Å². The van der Waals surface area contributed by atoms with Crippen LogP contribution in [0.3, 0.4) is 0 Å². The smallest absolute Gasteiger partial charge is 0.162 e. The van der Waals surface area contributed by atoms with Crippen LogP contribution in [0.5, 0.6) is 11.5 Å². The summed E-state index contributed by atoms with van der Waals surface area (Å²) in [6.45, 7) is 1.33. The Hall–Kier alpha value is -0.460. The molecule has 1 unspecified atom stereocenters. The highest BCUT2D eigenvalue weighted by Gasteiger charge is 2.20. The first-order chi connectivity index (χ1) is 10.2. The van der Waals surface area contributed by atoms with Gasteiger partial charge in [0, 0.05) is 21.1 Å². The quantitative estimate of drug-likeness (QED) is 0.413. The van der Waals surface area contributed by atoms with Crippen molar-refractivity contribution in [2.45, 2.75) is 11.2 Å². The second kappa shape index (κ2) is 6.75. The highest BCUT2D eigenvalue weighted by Crippen LogP contribution is 2.43. The number of ether oxygens (including phenoxy) is 2. The first-order valence-corrected chi connectivity index (χ1v) is 9.01. The Labute approximate surface area is 151 Å². The molecule has 3 rings (SSSR count). The largest absolute Gasteiger partial charge is 0.490 e. The van der Waals surface area contributed by atoms with E-state index in [1.165, 1.54) is 9.13 Å². The lowest BCUT2D eigenvalue weighted by molar-refractivity contribution is 0.297. The van der Waals surface area contributed by atoms with Gasteiger partial charge in [-0.25, -0.2) is 0 Å². The third-order valence-electron chi connectivity index (χ3n) is 3.32. The van der Waals surface area contributed by atoms with Crippen LogP contribution in [-0.2, 0) is 0 Å². The summed E-state index contributed by atoms with van der Waals surface area (Å²) >= 11 is 12.5. The van der Waals surface area contributed by atoms with Gasteiger partial charge in [0.2, 0.25) is 0 Å². The molecule has 0 bridgehead atoms. The molecule has 0 fully saturated rings. The number of hydrogen-bond acceptors (Lipinski definition) is 2. The fourth-order valence-electron chi connectivity index (χ4n) is 2.24. The molecule has 0 N–H and O–H groups in total. The summed E-state index contributed by atoms with van der Waals surface area (Å²) < 4.78 is 12.6. The number of fused-ring (bicyclic) bond motifs is 1. The number of benzene rings is 2. The van der Waals surface area contributed by atoms with Crippen molar-refractivity contribution in [1.82, 2.24) is 0 Å². The lowest BCUT2D eigenvalue weighted by Crippen LogP contribution is -1.99. The van der Waals surface area contributed by atoms with Gasteiger partial charge in [0.1, 0.15) is 0 Å². The number of rotatable bonds is 2. The summed E-state index contributed by atoms with van der Waals surface area (Å²) in [6, 6.07) is 12.1. The van der Waals surface area contributed by atoms with E-state index in [1.54, 1.807) is 0 Å². The minimum absolute atomic E-state index is 0.0234. The van der Waals surface area contributed by atoms with Crippen molar-refractivity contribution < 1.29 is 9.47 Å². The molecule has 5 heteroatoms. The van der Waals surface area contributed by atoms with E-state index in [0.29, 0.717) is 18.2 Å². The van der Waals surface area contributed by atoms with E-state index in [2.05, 4.69) is 50.7 Å². The summed E-state index contributed by atoms with van der Waals surface area (Å²) in [7, 11) is 0. The minimum Gasteiger partial charge on any atom is -0.490 e. The van der Waals surface area contributed by atoms with E-state index in [0.717, 1.165) is 23.5 Å². The fourth-order valence-corrected chi connectivity index (χ4v) is 4.54. The van der Waals surface area contributed by atoms with Crippen molar-refractivity contribution in [2.24, 2.45) is 0 Å². The predicted octanol–water partition coefficient (Wildman–Crippen LogP) is 5.59. The summed E-state index contributed by atoms with van der Waals surface area (Å²) in [5.74, 6) is 1.49. The molecular formula is C16H13BrClIO2. The Morgan fingerprint density at radius 1 is 1.05 bits per heavy atom. The molecule has 0 spiro atoms. The third-order valence-corrected chi connectivity index (χ3v) is 5.61. The van der Waals surface area contributed by atoms with Crippen molar-refractivity contribution in [2.75, 3.05) is 13.2 Å². The Bertz CT molecular complexity index is 663. The summed E-state index contributed by atoms with van der Waals surface area (Å²) in [5.41, 5.74) is 2.18. The van der Waals surface area contributed by atoms with Gasteiger partial charge in [0.15, 0.2) is 11.5 Å². The Balaban J connectivity index is 2.02. The van der Waals surface area contributed by atoms with Gasteiger partial charge < -0.3 is 9.47 Å². The van der Waals surface area contributed by atoms with Gasteiger partial charge in [-0.05, 0) is 45.9 Å². The zero-order valence-electron chi connectivity index (χ0n) is 11.1. The van der Waals surface area contributed by atoms with Crippen molar-refractivity contribution in [3.05, 3.63) is 56.1 Å². The van der Waals surface area contributed by atoms with E-state index >= 15 is 0 Å². The Morgan fingerprint density at radius 3 is 2.43 bits per heavy atom. The normalized spacial score (nSPS) is 15.4. The molecule has 0 radical (unpaired) electrons. The minimum atomic E-state index is 0.0234. The van der Waals surface area contributed by atoms with Crippen molar-refractivity contribution in [3.8, 4) is 11.5 Å². The van der Waals surface area contributed by atoms with Crippen LogP contribution in [0.4, 0.5) is 0 Å². The molecule has 0 aromatic heterocycles. The Morgan fingerprint density at radius 2 is 1.71 bits per heavy atom. The van der Waals surface area contributed by atoms with E-state index in [9.17, 15) is 0 Å². The first kappa shape index (κ1) is 15.4. The molecule has 1 aliphatic heterocycles. The number of alkyl halides is 1. The zero-order chi connectivity index (χ0) is 14.8. The highest BCUT2D eigenvalue weighted by molar-refractivity contribution is 14.1. The van der Waals surface area contributed by atoms with Crippen LogP contribution in [0.2, 0.25) is 5.02 Å². The molecule has 0 aliphatic carbocycles. The predicted molar refractivity (Wildman–Crippen MR) is 97.0 cm³/mol. The van der Waals surface area contributed by atoms with E-state index in [4.69, 9.17) is 21.1 Å². The van der Waals surface area contributed by atoms with Gasteiger partial charge in [0.05, 0.1) is 18.0 Å². The highest BCUT2D eigenvalue weighted by atomic mass is 127. The lowest BCUT2D eigenvalue weighted by atomic mass is 10.0. The second-order valence-electron chi connectivity index (χ2n) is 4.76. The first-order valence-electron chi connectivity index (χ1n) is 6.64. The monoisotopic (exact) mass is 478 g/mol. The van der Waals surface area contributed by atoms with Crippen LogP contribution in [-0.4, -0.2) is 13.2 Å². The molecular weight excluding hydrogens is 466 g/mol. The van der Waals surface area contributed by atoms with Gasteiger partial charge in [-0.1, -0.05) is 45.7 Å². The molecule has 1 atom stereocenters. The summed E-state index contributed by atoms with van der Waals surface area (Å²) in [5, 5.41) is 0.681. The van der Waals surface area contributed by atoms with Gasteiger partial charge in [-0.3, -0.25) is 0 Å². The number of hydrogen-bond donors (Lipinski definition) is 0. The van der Waals surface area contributed by atoms with Gasteiger partial charge >= 0.3 is 0 Å². The molecule has 0 saturated heterocycles. The topological polar surface area (TPSA) is 18.5 Å². The van der Waals surface area contributed by atoms with Gasteiger partial charge in [-0.15, -0.1) is 0 Å². The van der Waals surface area contributed by atoms with Gasteiger partial charge in [0.25, 0.3) is 0 Å². The molecule has 2 aromatic rings. The molecule has 1 aliphatic rings. The van der Waals surface area contributed by atoms with Crippen molar-refractivity contribution in [1.29, 1.82) is 0 Å². The van der Waals surface area contributed by atoms with E-state index < -0.39 is 0 Å². The number of halogens is 3. The van der Waals surface area contributed by atoms with Crippen LogP contribution in [0.15, 0.2) is 36.4 Å². The fraction of sp³-hybridized carbons (Fsp3) is 0.250. The van der Waals surface area contributed by atoms with Crippen molar-refractivity contribution >= 4 is 50.1 Å². The van der Waals surface area contributed by atoms with Crippen LogP contribution < -0.4 is 9.47 Å². The maximum Gasteiger partial charge on any atom is 0.162 e. The van der Waals surface area contributed by atoms with Crippen molar-refractivity contribution in [3.63, 3.8) is 0 Å². The Kier molecular flexibility index (Phi) is 4.96. The molecule has 0 saturated carbocycles. The second-order valence-corrected chi connectivity index (χ2v) is 7.24. The maximum absolute atomic E-state index is 6.44. The lowest BCUT2D eigenvalue weighted by Gasteiger charge is -2.17. The van der Waals surface area contributed by atoms with E-state index in [-0.39, 0.29) is 4.83 Å². The average Bonchev–Trinajstić information content (AvgIpc) is 2.71. The summed E-state index contributed by atoms with van der Waals surface area (Å²) in [6.07, 6.45) is 0.885. The maximum atomic E-state index is 6.44. The molecule has 1 heterocycles. The average molecular weight is 480 g/mol. The third kappa shape index (κ3) is 3.32. The summed E-state index contributed by atoms with van der Waals surface area (Å²) in [4.78, 5) is 0.0234. The molecule has 2 aromatic carbocycles. The van der Waals surface area contributed by atoms with Crippen LogP contribution >= 0.6 is 50.1 Å². The molecule has 0 amide bonds. The van der Waals surface area contributed by atoms with Crippen LogP contribution in [0.25, 0.3) is 0 Å². The van der Waals surface area contributed by atoms with E-state index in [1.807, 2.05) is 24.3 Å². The molecule has 110 valence electrons. The van der Waals surface area contributed by atoms with Gasteiger partial charge in [-0.2, -0.15) is 0 Å². The zero-order valence-corrected chi connectivity index (χ0v) is 15.6.